The molecule has 0 rings (SSSR count). The first-order chi connectivity index (χ1) is 6.45. The minimum Gasteiger partial charge on any atom is -0.545 e. The Kier molecular flexibility index (Phi) is 36.4. The maximum atomic E-state index is 9.14. The molecule has 0 aromatic carbocycles. The minimum atomic E-state index is -1.23. The molecule has 0 atom stereocenters. The molecule has 0 bridgehead atoms. The summed E-state index contributed by atoms with van der Waals surface area (Å²) in [5.41, 5.74) is 9.81. The van der Waals surface area contributed by atoms with E-state index in [9.17, 15) is 0 Å². The molecule has 0 amide bonds. The van der Waals surface area contributed by atoms with Crippen LogP contribution in [0.5, 0.6) is 0 Å². The largest absolute Gasteiger partial charge is 2.00 e. The molecule has 7 heteroatoms. The molecule has 0 aliphatic carbocycles. The zero-order valence-electron chi connectivity index (χ0n) is 8.48. The molecule has 0 saturated heterocycles. The Labute approximate surface area is 101 Å². The van der Waals surface area contributed by atoms with Crippen molar-refractivity contribution in [2.24, 2.45) is 11.5 Å². The summed E-state index contributed by atoms with van der Waals surface area (Å²) in [4.78, 5) is 18.3. The number of hydrogen-bond donors (Lipinski definition) is 2. The Morgan fingerprint density at radius 1 is 1.00 bits per heavy atom. The SMILES string of the molecule is C=CC(=O)[O-].C=CC(=O)[O-].NCCN.[Zn+2]. The Morgan fingerprint density at radius 3 is 1.13 bits per heavy atom. The zero-order valence-corrected chi connectivity index (χ0v) is 11.4. The number of hydrogen-bond acceptors (Lipinski definition) is 6. The summed E-state index contributed by atoms with van der Waals surface area (Å²) in [7, 11) is 0. The molecule has 0 aliphatic rings. The first kappa shape index (κ1) is 23.6. The number of carboxylic acid groups (broad SMARTS) is 2. The second-order valence-electron chi connectivity index (χ2n) is 1.62. The van der Waals surface area contributed by atoms with E-state index in [-0.39, 0.29) is 19.5 Å². The first-order valence-corrected chi connectivity index (χ1v) is 3.53. The van der Waals surface area contributed by atoms with Gasteiger partial charge in [-0.2, -0.15) is 0 Å². The number of carbonyl (C=O) groups excluding carboxylic acids is 2. The van der Waals surface area contributed by atoms with Gasteiger partial charge in [0.25, 0.3) is 0 Å². The normalized spacial score (nSPS) is 6.27. The standard InChI is InChI=1S/2C3H4O2.C2H8N2.Zn/c2*1-2-3(4)5;3-1-2-4;/h2*2H,1H2,(H,4,5);1-4H2;/q;;;+2/p-2. The van der Waals surface area contributed by atoms with Gasteiger partial charge in [-0.1, -0.05) is 13.2 Å². The van der Waals surface area contributed by atoms with Gasteiger partial charge in [0.2, 0.25) is 0 Å². The Balaban J connectivity index is -0.0000000590. The predicted octanol–water partition coefficient (Wildman–Crippen LogP) is -3.25. The van der Waals surface area contributed by atoms with E-state index in [1.165, 1.54) is 0 Å². The number of carboxylic acids is 2. The van der Waals surface area contributed by atoms with Gasteiger partial charge >= 0.3 is 19.5 Å². The fourth-order valence-electron chi connectivity index (χ4n) is 0. The molecule has 0 unspecified atom stereocenters. The first-order valence-electron chi connectivity index (χ1n) is 3.53. The topological polar surface area (TPSA) is 132 Å². The van der Waals surface area contributed by atoms with Gasteiger partial charge in [0.1, 0.15) is 0 Å². The maximum absolute atomic E-state index is 9.14. The fraction of sp³-hybridized carbons (Fsp3) is 0.250. The molecule has 0 heterocycles. The van der Waals surface area contributed by atoms with Gasteiger partial charge in [-0.25, -0.2) is 0 Å². The summed E-state index contributed by atoms with van der Waals surface area (Å²) < 4.78 is 0. The third-order valence-electron chi connectivity index (χ3n) is 0.500. The van der Waals surface area contributed by atoms with Crippen molar-refractivity contribution in [2.45, 2.75) is 0 Å². The van der Waals surface area contributed by atoms with E-state index in [2.05, 4.69) is 13.2 Å². The smallest absolute Gasteiger partial charge is 0.545 e. The van der Waals surface area contributed by atoms with E-state index < -0.39 is 11.9 Å². The molecule has 4 N–H and O–H groups in total. The third-order valence-corrected chi connectivity index (χ3v) is 0.500. The van der Waals surface area contributed by atoms with E-state index in [1.807, 2.05) is 0 Å². The van der Waals surface area contributed by atoms with Crippen molar-refractivity contribution >= 4 is 11.9 Å². The zero-order chi connectivity index (χ0) is 12.0. The Hall–Kier alpha value is -1.04. The fourth-order valence-corrected chi connectivity index (χ4v) is 0. The van der Waals surface area contributed by atoms with Crippen LogP contribution >= 0.6 is 0 Å². The van der Waals surface area contributed by atoms with Crippen molar-refractivity contribution in [3.63, 3.8) is 0 Å². The molecule has 0 saturated carbocycles. The molecule has 0 fully saturated rings. The molecular weight excluding hydrogens is 253 g/mol. The van der Waals surface area contributed by atoms with Gasteiger partial charge in [0.15, 0.2) is 0 Å². The monoisotopic (exact) mass is 266 g/mol. The summed E-state index contributed by atoms with van der Waals surface area (Å²) in [5.74, 6) is -2.46. The second kappa shape index (κ2) is 23.1. The Morgan fingerprint density at radius 2 is 1.13 bits per heavy atom. The van der Waals surface area contributed by atoms with Crippen LogP contribution in [0, 0.1) is 0 Å². The number of rotatable bonds is 3. The molecule has 0 aromatic rings. The van der Waals surface area contributed by atoms with Crippen LogP contribution < -0.4 is 21.7 Å². The molecular formula is C8H14N2O4Zn. The van der Waals surface area contributed by atoms with Gasteiger partial charge in [-0.15, -0.1) is 0 Å². The Bertz CT molecular complexity index is 165. The van der Waals surface area contributed by atoms with Crippen LogP contribution in [0.3, 0.4) is 0 Å². The summed E-state index contributed by atoms with van der Waals surface area (Å²) in [6, 6.07) is 0. The van der Waals surface area contributed by atoms with Crippen molar-refractivity contribution in [1.29, 1.82) is 0 Å². The van der Waals surface area contributed by atoms with Crippen molar-refractivity contribution in [3.8, 4) is 0 Å². The van der Waals surface area contributed by atoms with Gasteiger partial charge in [0.05, 0.1) is 11.9 Å². The minimum absolute atomic E-state index is 0. The van der Waals surface area contributed by atoms with Crippen molar-refractivity contribution in [1.82, 2.24) is 0 Å². The number of carbonyl (C=O) groups is 2. The van der Waals surface area contributed by atoms with Crippen LogP contribution in [0.15, 0.2) is 25.3 Å². The van der Waals surface area contributed by atoms with E-state index in [0.717, 1.165) is 12.2 Å². The van der Waals surface area contributed by atoms with Crippen LogP contribution in [0.2, 0.25) is 0 Å². The van der Waals surface area contributed by atoms with Crippen LogP contribution in [-0.4, -0.2) is 25.0 Å². The summed E-state index contributed by atoms with van der Waals surface area (Å²) in [5, 5.41) is 18.3. The van der Waals surface area contributed by atoms with Crippen LogP contribution in [0.1, 0.15) is 0 Å². The van der Waals surface area contributed by atoms with E-state index >= 15 is 0 Å². The predicted molar refractivity (Wildman–Crippen MR) is 48.5 cm³/mol. The number of aliphatic carboxylic acids is 2. The molecule has 6 nitrogen and oxygen atoms in total. The van der Waals surface area contributed by atoms with Crippen molar-refractivity contribution < 1.29 is 39.3 Å². The second-order valence-corrected chi connectivity index (χ2v) is 1.62. The van der Waals surface area contributed by atoms with Gasteiger partial charge in [-0.05, 0) is 12.2 Å². The average Bonchev–Trinajstić information content (AvgIpc) is 2.19. The average molecular weight is 268 g/mol. The summed E-state index contributed by atoms with van der Waals surface area (Å²) in [6.07, 6.45) is 1.44. The quantitative estimate of drug-likeness (QED) is 0.407. The van der Waals surface area contributed by atoms with E-state index in [1.54, 1.807) is 0 Å². The molecule has 15 heavy (non-hydrogen) atoms. The van der Waals surface area contributed by atoms with Gasteiger partial charge < -0.3 is 31.3 Å². The van der Waals surface area contributed by atoms with Crippen molar-refractivity contribution in [3.05, 3.63) is 25.3 Å². The van der Waals surface area contributed by atoms with Crippen LogP contribution in [0.4, 0.5) is 0 Å². The van der Waals surface area contributed by atoms with E-state index in [0.29, 0.717) is 13.1 Å². The molecule has 0 spiro atoms. The van der Waals surface area contributed by atoms with Crippen molar-refractivity contribution in [2.75, 3.05) is 13.1 Å². The maximum Gasteiger partial charge on any atom is 2.00 e. The number of nitrogens with two attached hydrogens (primary N) is 2. The summed E-state index contributed by atoms with van der Waals surface area (Å²) in [6.45, 7) is 6.99. The van der Waals surface area contributed by atoms with Gasteiger partial charge in [0, 0.05) is 13.1 Å². The molecule has 0 aromatic heterocycles. The van der Waals surface area contributed by atoms with Gasteiger partial charge in [-0.3, -0.25) is 0 Å². The molecule has 82 valence electrons. The molecule has 0 radical (unpaired) electrons. The van der Waals surface area contributed by atoms with Crippen LogP contribution in [-0.2, 0) is 29.1 Å². The summed E-state index contributed by atoms with van der Waals surface area (Å²) >= 11 is 0. The molecule has 0 aliphatic heterocycles. The van der Waals surface area contributed by atoms with Crippen LogP contribution in [0.25, 0.3) is 0 Å². The third kappa shape index (κ3) is 99.2. The van der Waals surface area contributed by atoms with E-state index in [4.69, 9.17) is 31.3 Å².